The standard InChI is InChI=1S/C16H16FN3O4S/c17-15-3-1-2-4-16(15)18-9-11-19(12-10-18)25(23,24)14-7-5-13(6-8-14)20(21)22/h1-8H,9-12H2/p+1. The highest BCUT2D eigenvalue weighted by Gasteiger charge is 2.32. The van der Waals surface area contributed by atoms with Crippen molar-refractivity contribution < 1.29 is 22.6 Å². The summed E-state index contributed by atoms with van der Waals surface area (Å²) in [6.45, 7) is 1.41. The summed E-state index contributed by atoms with van der Waals surface area (Å²) in [5.41, 5.74) is 0.377. The van der Waals surface area contributed by atoms with E-state index in [0.29, 0.717) is 18.8 Å². The predicted molar refractivity (Wildman–Crippen MR) is 88.6 cm³/mol. The summed E-state index contributed by atoms with van der Waals surface area (Å²) < 4.78 is 40.5. The van der Waals surface area contributed by atoms with Crippen molar-refractivity contribution in [3.8, 4) is 0 Å². The highest BCUT2D eigenvalue weighted by atomic mass is 32.2. The van der Waals surface area contributed by atoms with Gasteiger partial charge in [0.25, 0.3) is 5.69 Å². The minimum Gasteiger partial charge on any atom is -0.298 e. The van der Waals surface area contributed by atoms with Crippen molar-refractivity contribution >= 4 is 21.4 Å². The van der Waals surface area contributed by atoms with Crippen molar-refractivity contribution in [2.24, 2.45) is 0 Å². The van der Waals surface area contributed by atoms with E-state index in [2.05, 4.69) is 0 Å². The number of sulfonamides is 1. The van der Waals surface area contributed by atoms with Gasteiger partial charge in [0.05, 0.1) is 36.0 Å². The Bertz CT molecular complexity index is 879. The van der Waals surface area contributed by atoms with Crippen LogP contribution in [-0.4, -0.2) is 43.8 Å². The number of rotatable bonds is 4. The first-order valence-electron chi connectivity index (χ1n) is 7.74. The number of nitrogens with one attached hydrogen (secondary N) is 1. The van der Waals surface area contributed by atoms with Crippen LogP contribution in [0.1, 0.15) is 0 Å². The molecular weight excluding hydrogens is 349 g/mol. The van der Waals surface area contributed by atoms with Gasteiger partial charge in [-0.3, -0.25) is 15.0 Å². The van der Waals surface area contributed by atoms with E-state index in [-0.39, 0.29) is 29.5 Å². The number of hydrogen-bond donors (Lipinski definition) is 1. The number of nitro benzene ring substituents is 1. The van der Waals surface area contributed by atoms with Crippen molar-refractivity contribution in [2.45, 2.75) is 4.90 Å². The summed E-state index contributed by atoms with van der Waals surface area (Å²) in [7, 11) is -3.72. The van der Waals surface area contributed by atoms with E-state index in [1.165, 1.54) is 34.6 Å². The van der Waals surface area contributed by atoms with Crippen LogP contribution in [0.2, 0.25) is 0 Å². The number of non-ortho nitro benzene ring substituents is 1. The van der Waals surface area contributed by atoms with Crippen LogP contribution in [-0.2, 0) is 10.0 Å². The molecule has 25 heavy (non-hydrogen) atoms. The Morgan fingerprint density at radius 3 is 2.20 bits per heavy atom. The molecule has 132 valence electrons. The number of nitrogens with zero attached hydrogens (tertiary/aromatic N) is 2. The van der Waals surface area contributed by atoms with E-state index in [1.807, 2.05) is 0 Å². The lowest BCUT2D eigenvalue weighted by Gasteiger charge is -2.31. The first-order valence-corrected chi connectivity index (χ1v) is 9.18. The van der Waals surface area contributed by atoms with E-state index in [1.54, 1.807) is 18.2 Å². The number of quaternary nitrogens is 1. The molecule has 1 fully saturated rings. The first kappa shape index (κ1) is 17.5. The fourth-order valence-corrected chi connectivity index (χ4v) is 4.34. The second kappa shape index (κ2) is 6.87. The molecule has 0 saturated carbocycles. The van der Waals surface area contributed by atoms with Crippen molar-refractivity contribution in [2.75, 3.05) is 26.2 Å². The number of nitro groups is 1. The predicted octanol–water partition coefficient (Wildman–Crippen LogP) is 0.955. The molecule has 1 aliphatic heterocycles. The molecule has 1 aliphatic rings. The minimum atomic E-state index is -3.72. The molecule has 1 heterocycles. The molecule has 2 aromatic carbocycles. The van der Waals surface area contributed by atoms with Gasteiger partial charge in [0.2, 0.25) is 10.0 Å². The molecule has 0 aliphatic carbocycles. The zero-order chi connectivity index (χ0) is 18.0. The third-order valence-electron chi connectivity index (χ3n) is 4.27. The fourth-order valence-electron chi connectivity index (χ4n) is 2.90. The lowest BCUT2D eigenvalue weighted by molar-refractivity contribution is -0.838. The van der Waals surface area contributed by atoms with Gasteiger partial charge >= 0.3 is 0 Å². The van der Waals surface area contributed by atoms with E-state index < -0.39 is 14.9 Å². The maximum atomic E-state index is 13.9. The molecule has 3 rings (SSSR count). The van der Waals surface area contributed by atoms with Crippen LogP contribution in [0, 0.1) is 15.9 Å². The number of hydrogen-bond acceptors (Lipinski definition) is 4. The van der Waals surface area contributed by atoms with E-state index in [0.717, 1.165) is 4.90 Å². The van der Waals surface area contributed by atoms with E-state index in [4.69, 9.17) is 0 Å². The average Bonchev–Trinajstić information content (AvgIpc) is 2.62. The fraction of sp³-hybridized carbons (Fsp3) is 0.250. The Labute approximate surface area is 144 Å². The third-order valence-corrected chi connectivity index (χ3v) is 6.18. The summed E-state index contributed by atoms with van der Waals surface area (Å²) >= 11 is 0. The smallest absolute Gasteiger partial charge is 0.269 e. The zero-order valence-electron chi connectivity index (χ0n) is 13.3. The number of halogens is 1. The maximum absolute atomic E-state index is 13.9. The quantitative estimate of drug-likeness (QED) is 0.645. The van der Waals surface area contributed by atoms with Gasteiger partial charge in [-0.05, 0) is 18.2 Å². The Morgan fingerprint density at radius 2 is 1.64 bits per heavy atom. The van der Waals surface area contributed by atoms with Gasteiger partial charge in [-0.2, -0.15) is 4.31 Å². The largest absolute Gasteiger partial charge is 0.298 e. The highest BCUT2D eigenvalue weighted by Crippen LogP contribution is 2.20. The van der Waals surface area contributed by atoms with Crippen LogP contribution >= 0.6 is 0 Å². The van der Waals surface area contributed by atoms with Gasteiger partial charge in [-0.15, -0.1) is 0 Å². The van der Waals surface area contributed by atoms with Crippen LogP contribution in [0.5, 0.6) is 0 Å². The van der Waals surface area contributed by atoms with Crippen molar-refractivity contribution in [3.05, 3.63) is 64.5 Å². The Balaban J connectivity index is 1.73. The molecule has 2 aromatic rings. The molecular formula is C16H17FN3O4S+. The minimum absolute atomic E-state index is 0.0208. The topological polar surface area (TPSA) is 85.0 Å². The molecule has 0 atom stereocenters. The summed E-state index contributed by atoms with van der Waals surface area (Å²) in [5, 5.41) is 10.7. The highest BCUT2D eigenvalue weighted by molar-refractivity contribution is 7.89. The lowest BCUT2D eigenvalue weighted by atomic mass is 10.2. The molecule has 0 bridgehead atoms. The molecule has 0 spiro atoms. The molecule has 0 unspecified atom stereocenters. The van der Waals surface area contributed by atoms with Crippen LogP contribution in [0.4, 0.5) is 15.8 Å². The van der Waals surface area contributed by atoms with Gasteiger partial charge < -0.3 is 0 Å². The molecule has 0 radical (unpaired) electrons. The monoisotopic (exact) mass is 366 g/mol. The van der Waals surface area contributed by atoms with Gasteiger partial charge in [0, 0.05) is 18.2 Å². The second-order valence-corrected chi connectivity index (χ2v) is 7.68. The normalized spacial score (nSPS) is 16.7. The average molecular weight is 366 g/mol. The van der Waals surface area contributed by atoms with Crippen molar-refractivity contribution in [1.29, 1.82) is 0 Å². The zero-order valence-corrected chi connectivity index (χ0v) is 14.1. The number of para-hydroxylation sites is 1. The lowest BCUT2D eigenvalue weighted by Crippen LogP contribution is -3.10. The molecule has 9 heteroatoms. The molecule has 0 aromatic heterocycles. The number of benzene rings is 2. The van der Waals surface area contributed by atoms with E-state index >= 15 is 0 Å². The second-order valence-electron chi connectivity index (χ2n) is 5.74. The summed E-state index contributed by atoms with van der Waals surface area (Å²) in [6.07, 6.45) is 0. The Kier molecular flexibility index (Phi) is 4.80. The van der Waals surface area contributed by atoms with Gasteiger partial charge in [0.15, 0.2) is 11.5 Å². The molecule has 1 N–H and O–H groups in total. The first-order chi connectivity index (χ1) is 11.9. The molecule has 1 saturated heterocycles. The molecule has 0 amide bonds. The summed E-state index contributed by atoms with van der Waals surface area (Å²) in [4.78, 5) is 11.0. The van der Waals surface area contributed by atoms with Crippen molar-refractivity contribution in [3.63, 3.8) is 0 Å². The summed E-state index contributed by atoms with van der Waals surface area (Å²) in [6, 6.07) is 11.3. The molecule has 7 nitrogen and oxygen atoms in total. The van der Waals surface area contributed by atoms with Gasteiger partial charge in [-0.25, -0.2) is 12.8 Å². The summed E-state index contributed by atoms with van der Waals surface area (Å²) in [5.74, 6) is -0.302. The van der Waals surface area contributed by atoms with Crippen LogP contribution in [0.3, 0.4) is 0 Å². The van der Waals surface area contributed by atoms with Gasteiger partial charge in [0.1, 0.15) is 0 Å². The van der Waals surface area contributed by atoms with Crippen molar-refractivity contribution in [1.82, 2.24) is 4.31 Å². The van der Waals surface area contributed by atoms with Crippen LogP contribution in [0.15, 0.2) is 53.4 Å². The SMILES string of the molecule is O=[N+]([O-])c1ccc(S(=O)(=O)N2CC[NH+](c3ccccc3F)CC2)cc1. The van der Waals surface area contributed by atoms with Crippen LogP contribution in [0.25, 0.3) is 0 Å². The van der Waals surface area contributed by atoms with Crippen LogP contribution < -0.4 is 4.90 Å². The number of piperazine rings is 1. The Hall–Kier alpha value is -2.36. The Morgan fingerprint density at radius 1 is 1.04 bits per heavy atom. The third kappa shape index (κ3) is 3.53. The van der Waals surface area contributed by atoms with Gasteiger partial charge in [-0.1, -0.05) is 12.1 Å². The maximum Gasteiger partial charge on any atom is 0.269 e. The van der Waals surface area contributed by atoms with E-state index in [9.17, 15) is 22.9 Å².